The molecule has 20 heavy (non-hydrogen) atoms. The number of benzene rings is 1. The van der Waals surface area contributed by atoms with Crippen LogP contribution >= 0.6 is 0 Å². The van der Waals surface area contributed by atoms with Crippen molar-refractivity contribution in [3.8, 4) is 22.8 Å². The molecule has 3 rings (SSSR count). The van der Waals surface area contributed by atoms with Gasteiger partial charge in [0.15, 0.2) is 11.6 Å². The molecule has 0 fully saturated rings. The summed E-state index contributed by atoms with van der Waals surface area (Å²) in [5, 5.41) is 14.0. The SMILES string of the molecule is Fc1ccc(-c2cc(-c3nnn[n-]3)ncn2)cc1F.[Na+]. The van der Waals surface area contributed by atoms with Crippen LogP contribution in [0.25, 0.3) is 22.8 Å². The minimum atomic E-state index is -0.939. The van der Waals surface area contributed by atoms with Gasteiger partial charge < -0.3 is 5.10 Å². The summed E-state index contributed by atoms with van der Waals surface area (Å²) < 4.78 is 26.0. The van der Waals surface area contributed by atoms with Crippen LogP contribution in [0.15, 0.2) is 30.6 Å². The van der Waals surface area contributed by atoms with Crippen LogP contribution in [-0.2, 0) is 0 Å². The van der Waals surface area contributed by atoms with Crippen LogP contribution in [0.2, 0.25) is 0 Å². The second-order valence-corrected chi connectivity index (χ2v) is 3.62. The van der Waals surface area contributed by atoms with E-state index in [0.29, 0.717) is 17.0 Å². The van der Waals surface area contributed by atoms with Crippen LogP contribution < -0.4 is 34.7 Å². The standard InChI is InChI=1S/C11H5F2N6.Na/c12-7-2-1-6(3-8(7)13)9-4-10(15-5-14-9)11-16-18-19-17-11;/h1-5H;/q-1;+1. The van der Waals surface area contributed by atoms with Crippen molar-refractivity contribution in [1.29, 1.82) is 0 Å². The number of nitrogens with zero attached hydrogens (tertiary/aromatic N) is 6. The Morgan fingerprint density at radius 1 is 0.950 bits per heavy atom. The molecule has 0 saturated heterocycles. The smallest absolute Gasteiger partial charge is 0.329 e. The third kappa shape index (κ3) is 2.87. The molecule has 0 amide bonds. The maximum Gasteiger partial charge on any atom is 1.00 e. The minimum absolute atomic E-state index is 0. The summed E-state index contributed by atoms with van der Waals surface area (Å²) in [4.78, 5) is 7.96. The summed E-state index contributed by atoms with van der Waals surface area (Å²) in [7, 11) is 0. The monoisotopic (exact) mass is 282 g/mol. The van der Waals surface area contributed by atoms with Gasteiger partial charge in [0.25, 0.3) is 0 Å². The second kappa shape index (κ2) is 6.12. The molecule has 0 atom stereocenters. The first kappa shape index (κ1) is 14.6. The molecule has 3 aromatic rings. The third-order valence-corrected chi connectivity index (χ3v) is 2.43. The Hall–Kier alpha value is -1.77. The topological polar surface area (TPSA) is 78.5 Å². The molecule has 0 bridgehead atoms. The van der Waals surface area contributed by atoms with E-state index in [0.717, 1.165) is 12.1 Å². The van der Waals surface area contributed by atoms with Crippen molar-refractivity contribution in [2.45, 2.75) is 0 Å². The van der Waals surface area contributed by atoms with Gasteiger partial charge in [0.05, 0.1) is 17.2 Å². The molecule has 0 aliphatic heterocycles. The van der Waals surface area contributed by atoms with Crippen molar-refractivity contribution < 1.29 is 38.3 Å². The zero-order valence-corrected chi connectivity index (χ0v) is 12.3. The van der Waals surface area contributed by atoms with Crippen LogP contribution in [0, 0.1) is 11.6 Å². The number of aromatic nitrogens is 6. The van der Waals surface area contributed by atoms with E-state index in [9.17, 15) is 8.78 Å². The van der Waals surface area contributed by atoms with Crippen LogP contribution in [0.3, 0.4) is 0 Å². The van der Waals surface area contributed by atoms with Crippen LogP contribution in [-0.4, -0.2) is 25.5 Å². The van der Waals surface area contributed by atoms with Crippen molar-refractivity contribution in [1.82, 2.24) is 30.6 Å². The molecule has 2 aromatic heterocycles. The van der Waals surface area contributed by atoms with E-state index in [-0.39, 0.29) is 35.4 Å². The molecule has 1 aromatic carbocycles. The van der Waals surface area contributed by atoms with E-state index in [1.165, 1.54) is 12.4 Å². The fourth-order valence-electron chi connectivity index (χ4n) is 1.54. The predicted molar refractivity (Wildman–Crippen MR) is 59.5 cm³/mol. The molecule has 0 aliphatic rings. The summed E-state index contributed by atoms with van der Waals surface area (Å²) in [5.74, 6) is -1.61. The number of halogens is 2. The van der Waals surface area contributed by atoms with Crippen molar-refractivity contribution >= 4 is 0 Å². The van der Waals surface area contributed by atoms with Crippen molar-refractivity contribution in [2.75, 3.05) is 0 Å². The Morgan fingerprint density at radius 3 is 2.45 bits per heavy atom. The van der Waals surface area contributed by atoms with Gasteiger partial charge in [-0.25, -0.2) is 18.7 Å². The van der Waals surface area contributed by atoms with Gasteiger partial charge in [-0.3, -0.25) is 10.3 Å². The molecular formula is C11H5F2N6Na. The average molecular weight is 282 g/mol. The Bertz CT molecular complexity index is 719. The van der Waals surface area contributed by atoms with E-state index >= 15 is 0 Å². The van der Waals surface area contributed by atoms with Crippen LogP contribution in [0.4, 0.5) is 8.78 Å². The van der Waals surface area contributed by atoms with Gasteiger partial charge in [0.2, 0.25) is 0 Å². The van der Waals surface area contributed by atoms with Gasteiger partial charge >= 0.3 is 29.6 Å². The average Bonchev–Trinajstić information content (AvgIpc) is 2.96. The molecule has 0 unspecified atom stereocenters. The molecule has 0 spiro atoms. The predicted octanol–water partition coefficient (Wildman–Crippen LogP) is -1.77. The van der Waals surface area contributed by atoms with Gasteiger partial charge in [0, 0.05) is 5.56 Å². The Morgan fingerprint density at radius 2 is 1.75 bits per heavy atom. The van der Waals surface area contributed by atoms with Crippen molar-refractivity contribution in [3.63, 3.8) is 0 Å². The molecule has 0 N–H and O–H groups in total. The van der Waals surface area contributed by atoms with E-state index < -0.39 is 11.6 Å². The summed E-state index contributed by atoms with van der Waals surface area (Å²) in [6.07, 6.45) is 1.28. The fraction of sp³-hybridized carbons (Fsp3) is 0. The normalized spacial score (nSPS) is 10.1. The number of rotatable bonds is 2. The summed E-state index contributed by atoms with van der Waals surface area (Å²) in [6.45, 7) is 0. The number of hydrogen-bond donors (Lipinski definition) is 0. The minimum Gasteiger partial charge on any atom is -0.329 e. The Balaban J connectivity index is 0.00000147. The van der Waals surface area contributed by atoms with Crippen molar-refractivity contribution in [2.24, 2.45) is 0 Å². The Labute approximate surface area is 134 Å². The molecule has 9 heteroatoms. The second-order valence-electron chi connectivity index (χ2n) is 3.62. The fourth-order valence-corrected chi connectivity index (χ4v) is 1.54. The summed E-state index contributed by atoms with van der Waals surface area (Å²) in [5.41, 5.74) is 1.25. The van der Waals surface area contributed by atoms with E-state index in [4.69, 9.17) is 0 Å². The van der Waals surface area contributed by atoms with E-state index in [1.807, 2.05) is 0 Å². The van der Waals surface area contributed by atoms with E-state index in [2.05, 4.69) is 30.6 Å². The molecule has 6 nitrogen and oxygen atoms in total. The first-order valence-corrected chi connectivity index (χ1v) is 5.20. The zero-order valence-electron chi connectivity index (χ0n) is 10.3. The molecule has 2 heterocycles. The maximum atomic E-state index is 13.2. The van der Waals surface area contributed by atoms with Gasteiger partial charge in [0.1, 0.15) is 6.33 Å². The molecule has 0 aliphatic carbocycles. The van der Waals surface area contributed by atoms with Crippen LogP contribution in [0.5, 0.6) is 0 Å². The van der Waals surface area contributed by atoms with Crippen LogP contribution in [0.1, 0.15) is 0 Å². The number of hydrogen-bond acceptors (Lipinski definition) is 5. The first-order chi connectivity index (χ1) is 9.24. The molecule has 94 valence electrons. The Kier molecular flexibility index (Phi) is 4.48. The molecule has 0 saturated carbocycles. The molecular weight excluding hydrogens is 277 g/mol. The first-order valence-electron chi connectivity index (χ1n) is 5.20. The maximum absolute atomic E-state index is 13.2. The van der Waals surface area contributed by atoms with Gasteiger partial charge in [-0.05, 0) is 24.3 Å². The summed E-state index contributed by atoms with van der Waals surface area (Å²) in [6, 6.07) is 5.07. The largest absolute Gasteiger partial charge is 1.00 e. The van der Waals surface area contributed by atoms with Crippen molar-refractivity contribution in [3.05, 3.63) is 42.2 Å². The summed E-state index contributed by atoms with van der Waals surface area (Å²) >= 11 is 0. The third-order valence-electron chi connectivity index (χ3n) is 2.43. The van der Waals surface area contributed by atoms with Gasteiger partial charge in [-0.15, -0.1) is 0 Å². The zero-order chi connectivity index (χ0) is 13.2. The molecule has 0 radical (unpaired) electrons. The van der Waals surface area contributed by atoms with Gasteiger partial charge in [-0.2, -0.15) is 5.21 Å². The number of tetrazole rings is 1. The quantitative estimate of drug-likeness (QED) is 0.518. The van der Waals surface area contributed by atoms with E-state index in [1.54, 1.807) is 6.07 Å². The van der Waals surface area contributed by atoms with Gasteiger partial charge in [-0.1, -0.05) is 0 Å².